The van der Waals surface area contributed by atoms with E-state index in [2.05, 4.69) is 6.58 Å². The van der Waals surface area contributed by atoms with Gasteiger partial charge in [0.2, 0.25) is 0 Å². The molecule has 0 amide bonds. The highest BCUT2D eigenvalue weighted by molar-refractivity contribution is 6.15. The van der Waals surface area contributed by atoms with Crippen molar-refractivity contribution >= 4 is 23.7 Å². The average molecular weight is 478 g/mol. The van der Waals surface area contributed by atoms with E-state index in [4.69, 9.17) is 18.9 Å². The number of carbonyl (C=O) groups excluding carboxylic acids is 4. The summed E-state index contributed by atoms with van der Waals surface area (Å²) in [5, 5.41) is 22.3. The number of aliphatic hydroxyl groups is 2. The Morgan fingerprint density at radius 2 is 1.88 bits per heavy atom. The number of fused-ring (bicyclic) bond motifs is 1. The molecule has 2 heterocycles. The Labute approximate surface area is 196 Å². The normalized spacial score (nSPS) is 48.6. The van der Waals surface area contributed by atoms with Gasteiger partial charge in [0.05, 0.1) is 12.7 Å². The third-order valence-electron chi connectivity index (χ3n) is 9.19. The van der Waals surface area contributed by atoms with Crippen LogP contribution in [-0.2, 0) is 38.1 Å². The molecule has 5 rings (SSSR count). The molecule has 0 aromatic heterocycles. The maximum atomic E-state index is 13.5. The highest BCUT2D eigenvalue weighted by Crippen LogP contribution is 2.72. The van der Waals surface area contributed by atoms with Crippen molar-refractivity contribution < 1.29 is 48.3 Å². The molecular formula is C24H30O10. The van der Waals surface area contributed by atoms with E-state index in [0.29, 0.717) is 12.0 Å². The van der Waals surface area contributed by atoms with Gasteiger partial charge in [-0.25, -0.2) is 0 Å². The van der Waals surface area contributed by atoms with Gasteiger partial charge in [-0.3, -0.25) is 19.2 Å². The third-order valence-corrected chi connectivity index (χ3v) is 9.19. The molecule has 186 valence electrons. The largest absolute Gasteiger partial charge is 0.465 e. The lowest BCUT2D eigenvalue weighted by Crippen LogP contribution is -2.78. The number of allylic oxidation sites excluding steroid dienone is 1. The van der Waals surface area contributed by atoms with Gasteiger partial charge in [0.25, 0.3) is 0 Å². The molecule has 0 radical (unpaired) electrons. The molecule has 5 fully saturated rings. The number of ether oxygens (including phenoxy) is 4. The van der Waals surface area contributed by atoms with E-state index in [1.54, 1.807) is 6.92 Å². The molecule has 0 unspecified atom stereocenters. The highest BCUT2D eigenvalue weighted by atomic mass is 16.6. The van der Waals surface area contributed by atoms with Crippen molar-refractivity contribution in [1.82, 2.24) is 0 Å². The summed E-state index contributed by atoms with van der Waals surface area (Å²) in [7, 11) is 0. The van der Waals surface area contributed by atoms with Crippen molar-refractivity contribution in [2.45, 2.75) is 64.6 Å². The summed E-state index contributed by atoms with van der Waals surface area (Å²) in [5.41, 5.74) is -3.71. The summed E-state index contributed by atoms with van der Waals surface area (Å²) < 4.78 is 22.9. The first-order valence-electron chi connectivity index (χ1n) is 11.6. The standard InChI is InChI=1S/C24H30O10/c1-10-13-5-14-17-23(7-13,19(10)28)21(30)34-16-6-15(32-12(3)27)22(4,9-31-11(2)26)18(20(29)33-14)24(16,17)8-25/h13-18,20,25,29H,1,5-9H2,2-4H3/t13-,14+,15+,16+,17+,18+,20-,22+,23-,24-/m0/s1. The number of rotatable bonds is 4. The van der Waals surface area contributed by atoms with Crippen molar-refractivity contribution in [2.24, 2.45) is 34.0 Å². The number of hydrogen-bond acceptors (Lipinski definition) is 10. The van der Waals surface area contributed by atoms with E-state index in [1.807, 2.05) is 0 Å². The predicted octanol–water partition coefficient (Wildman–Crippen LogP) is 0.280. The van der Waals surface area contributed by atoms with Gasteiger partial charge in [0.1, 0.15) is 24.2 Å². The number of Topliss-reactive ketones (excluding diaryl/α,β-unsaturated/α-hetero) is 1. The van der Waals surface area contributed by atoms with Gasteiger partial charge in [0, 0.05) is 42.9 Å². The predicted molar refractivity (Wildman–Crippen MR) is 111 cm³/mol. The summed E-state index contributed by atoms with van der Waals surface area (Å²) in [6.45, 7) is 7.34. The SMILES string of the molecule is C=C1C(=O)[C@@]23C[C@@H]1C[C@H]1O[C@H](O)[C@@H]4[C@](C)(COC(C)=O)[C@H](OC(C)=O)C[C@@H](OC2=O)[C@@]4(CO)[C@H]13. The first kappa shape index (κ1) is 23.4. The molecular weight excluding hydrogens is 448 g/mol. The van der Waals surface area contributed by atoms with Gasteiger partial charge in [-0.15, -0.1) is 0 Å². The Morgan fingerprint density at radius 3 is 2.50 bits per heavy atom. The van der Waals surface area contributed by atoms with Crippen LogP contribution in [0.5, 0.6) is 0 Å². The van der Waals surface area contributed by atoms with E-state index >= 15 is 0 Å². The van der Waals surface area contributed by atoms with Gasteiger partial charge in [-0.1, -0.05) is 13.5 Å². The van der Waals surface area contributed by atoms with Crippen LogP contribution >= 0.6 is 0 Å². The van der Waals surface area contributed by atoms with Crippen molar-refractivity contribution in [3.05, 3.63) is 12.2 Å². The van der Waals surface area contributed by atoms with E-state index in [9.17, 15) is 29.4 Å². The minimum Gasteiger partial charge on any atom is -0.465 e. The summed E-state index contributed by atoms with van der Waals surface area (Å²) in [4.78, 5) is 50.7. The zero-order valence-corrected chi connectivity index (χ0v) is 19.4. The maximum absolute atomic E-state index is 13.5. The molecule has 2 N–H and O–H groups in total. The molecule has 5 aliphatic rings. The Kier molecular flexibility index (Phi) is 5.07. The fourth-order valence-corrected chi connectivity index (χ4v) is 8.00. The van der Waals surface area contributed by atoms with Crippen LogP contribution in [0.3, 0.4) is 0 Å². The Balaban J connectivity index is 1.71. The maximum Gasteiger partial charge on any atom is 0.320 e. The van der Waals surface area contributed by atoms with E-state index in [-0.39, 0.29) is 25.4 Å². The molecule has 34 heavy (non-hydrogen) atoms. The van der Waals surface area contributed by atoms with Gasteiger partial charge >= 0.3 is 17.9 Å². The minimum absolute atomic E-state index is 0.0186. The minimum atomic E-state index is -1.56. The van der Waals surface area contributed by atoms with Crippen LogP contribution in [0.1, 0.15) is 40.0 Å². The van der Waals surface area contributed by atoms with Crippen LogP contribution in [0, 0.1) is 34.0 Å². The summed E-state index contributed by atoms with van der Waals surface area (Å²) in [6.07, 6.45) is -3.37. The average Bonchev–Trinajstić information content (AvgIpc) is 2.95. The van der Waals surface area contributed by atoms with Gasteiger partial charge < -0.3 is 29.2 Å². The summed E-state index contributed by atoms with van der Waals surface area (Å²) in [5.74, 6) is -4.28. The second-order valence-electron chi connectivity index (χ2n) is 10.8. The molecule has 10 atom stereocenters. The number of aliphatic hydroxyl groups excluding tert-OH is 2. The molecule has 10 nitrogen and oxygen atoms in total. The molecule has 0 aromatic rings. The lowest BCUT2D eigenvalue weighted by Gasteiger charge is -2.69. The van der Waals surface area contributed by atoms with Crippen LogP contribution in [0.15, 0.2) is 12.2 Å². The van der Waals surface area contributed by atoms with E-state index in [0.717, 1.165) is 0 Å². The lowest BCUT2D eigenvalue weighted by atomic mass is 9.41. The smallest absolute Gasteiger partial charge is 0.320 e. The fourth-order valence-electron chi connectivity index (χ4n) is 8.00. The molecule has 0 aromatic carbocycles. The number of esters is 3. The monoisotopic (exact) mass is 478 g/mol. The lowest BCUT2D eigenvalue weighted by molar-refractivity contribution is -0.373. The molecule has 2 bridgehead atoms. The molecule has 3 aliphatic carbocycles. The fraction of sp³-hybridized carbons (Fsp3) is 0.750. The zero-order chi connectivity index (χ0) is 24.8. The second-order valence-corrected chi connectivity index (χ2v) is 10.8. The number of carbonyl (C=O) groups is 4. The molecule has 2 saturated heterocycles. The van der Waals surface area contributed by atoms with E-state index in [1.165, 1.54) is 13.8 Å². The third kappa shape index (κ3) is 2.67. The van der Waals surface area contributed by atoms with Crippen molar-refractivity contribution in [3.63, 3.8) is 0 Å². The Hall–Kier alpha value is -2.30. The molecule has 1 spiro atoms. The quantitative estimate of drug-likeness (QED) is 0.250. The van der Waals surface area contributed by atoms with Crippen molar-refractivity contribution in [1.29, 1.82) is 0 Å². The first-order valence-corrected chi connectivity index (χ1v) is 11.6. The second kappa shape index (κ2) is 7.35. The van der Waals surface area contributed by atoms with Gasteiger partial charge in [0.15, 0.2) is 12.1 Å². The molecule has 2 aliphatic heterocycles. The van der Waals surface area contributed by atoms with Gasteiger partial charge in [-0.2, -0.15) is 0 Å². The number of hydrogen-bond donors (Lipinski definition) is 2. The summed E-state index contributed by atoms with van der Waals surface area (Å²) >= 11 is 0. The topological polar surface area (TPSA) is 146 Å². The Morgan fingerprint density at radius 1 is 1.18 bits per heavy atom. The van der Waals surface area contributed by atoms with Crippen molar-refractivity contribution in [2.75, 3.05) is 13.2 Å². The number of ketones is 1. The molecule has 10 heteroatoms. The van der Waals surface area contributed by atoms with Crippen LogP contribution in [0.25, 0.3) is 0 Å². The zero-order valence-electron chi connectivity index (χ0n) is 19.4. The highest BCUT2D eigenvalue weighted by Gasteiger charge is 2.81. The molecule has 3 saturated carbocycles. The van der Waals surface area contributed by atoms with E-state index < -0.39 is 83.0 Å². The first-order chi connectivity index (χ1) is 15.9. The van der Waals surface area contributed by atoms with Crippen LogP contribution in [-0.4, -0.2) is 71.7 Å². The van der Waals surface area contributed by atoms with Gasteiger partial charge in [-0.05, 0) is 24.3 Å². The summed E-state index contributed by atoms with van der Waals surface area (Å²) in [6, 6.07) is 0. The van der Waals surface area contributed by atoms with Crippen LogP contribution < -0.4 is 0 Å². The van der Waals surface area contributed by atoms with Crippen LogP contribution in [0.2, 0.25) is 0 Å². The van der Waals surface area contributed by atoms with Crippen molar-refractivity contribution in [3.8, 4) is 0 Å². The van der Waals surface area contributed by atoms with Crippen LogP contribution in [0.4, 0.5) is 0 Å². The Bertz CT molecular complexity index is 990.